The molecule has 1 aromatic carbocycles. The number of likely N-dealkylation sites (tertiary alicyclic amines) is 1. The number of rotatable bonds is 5. The summed E-state index contributed by atoms with van der Waals surface area (Å²) in [5.41, 5.74) is 0.937. The number of hydrogen-bond donors (Lipinski definition) is 0. The standard InChI is InChI=1S/C19H27NO3/c1-4-17(16-11-6-5-7-12-16)19(22)23-13-18(21)20-14(2)9-8-10-15(20)3/h5-7,11-12,14-15,17H,4,8-10,13H2,1-3H3/t14-,15-,17-/m0/s1. The van der Waals surface area contributed by atoms with Crippen LogP contribution in [0.1, 0.15) is 57.9 Å². The summed E-state index contributed by atoms with van der Waals surface area (Å²) in [6.07, 6.45) is 3.85. The van der Waals surface area contributed by atoms with Crippen LogP contribution in [-0.4, -0.2) is 35.5 Å². The van der Waals surface area contributed by atoms with E-state index in [1.54, 1.807) is 0 Å². The largest absolute Gasteiger partial charge is 0.455 e. The fraction of sp³-hybridized carbons (Fsp3) is 0.579. The molecule has 1 heterocycles. The van der Waals surface area contributed by atoms with Crippen molar-refractivity contribution in [1.82, 2.24) is 4.90 Å². The predicted molar refractivity (Wildman–Crippen MR) is 90.1 cm³/mol. The summed E-state index contributed by atoms with van der Waals surface area (Å²) in [7, 11) is 0. The average Bonchev–Trinajstić information content (AvgIpc) is 2.54. The van der Waals surface area contributed by atoms with E-state index in [1.165, 1.54) is 0 Å². The number of carbonyl (C=O) groups excluding carboxylic acids is 2. The molecule has 0 N–H and O–H groups in total. The maximum Gasteiger partial charge on any atom is 0.313 e. The zero-order valence-corrected chi connectivity index (χ0v) is 14.3. The van der Waals surface area contributed by atoms with Crippen LogP contribution in [0.2, 0.25) is 0 Å². The summed E-state index contributed by atoms with van der Waals surface area (Å²) in [5, 5.41) is 0. The quantitative estimate of drug-likeness (QED) is 0.781. The van der Waals surface area contributed by atoms with Gasteiger partial charge in [0, 0.05) is 12.1 Å². The van der Waals surface area contributed by atoms with Crippen molar-refractivity contribution >= 4 is 11.9 Å². The summed E-state index contributed by atoms with van der Waals surface area (Å²) >= 11 is 0. The average molecular weight is 317 g/mol. The highest BCUT2D eigenvalue weighted by Crippen LogP contribution is 2.24. The number of nitrogens with zero attached hydrogens (tertiary/aromatic N) is 1. The van der Waals surface area contributed by atoms with Crippen molar-refractivity contribution in [3.05, 3.63) is 35.9 Å². The molecule has 1 fully saturated rings. The Bertz CT molecular complexity index is 519. The lowest BCUT2D eigenvalue weighted by Crippen LogP contribution is -2.49. The second kappa shape index (κ2) is 8.14. The van der Waals surface area contributed by atoms with Gasteiger partial charge in [-0.15, -0.1) is 0 Å². The molecule has 1 saturated heterocycles. The Morgan fingerprint density at radius 3 is 2.35 bits per heavy atom. The molecule has 2 rings (SSSR count). The SMILES string of the molecule is CC[C@H](C(=O)OCC(=O)N1[C@@H](C)CCC[C@@H]1C)c1ccccc1. The van der Waals surface area contributed by atoms with Crippen molar-refractivity contribution in [2.75, 3.05) is 6.61 Å². The lowest BCUT2D eigenvalue weighted by atomic mass is 9.97. The van der Waals surface area contributed by atoms with Crippen LogP contribution >= 0.6 is 0 Å². The zero-order valence-electron chi connectivity index (χ0n) is 14.3. The van der Waals surface area contributed by atoms with E-state index in [9.17, 15) is 9.59 Å². The van der Waals surface area contributed by atoms with Crippen molar-refractivity contribution in [3.8, 4) is 0 Å². The minimum Gasteiger partial charge on any atom is -0.455 e. The molecule has 0 aliphatic carbocycles. The third-order valence-corrected chi connectivity index (χ3v) is 4.71. The Morgan fingerprint density at radius 2 is 1.78 bits per heavy atom. The fourth-order valence-corrected chi connectivity index (χ4v) is 3.44. The van der Waals surface area contributed by atoms with Gasteiger partial charge in [0.15, 0.2) is 6.61 Å². The Balaban J connectivity index is 1.93. The topological polar surface area (TPSA) is 46.6 Å². The molecule has 0 radical (unpaired) electrons. The Labute approximate surface area is 138 Å². The van der Waals surface area contributed by atoms with Gasteiger partial charge in [0.05, 0.1) is 5.92 Å². The van der Waals surface area contributed by atoms with Crippen LogP contribution in [0, 0.1) is 0 Å². The van der Waals surface area contributed by atoms with E-state index in [1.807, 2.05) is 42.2 Å². The first-order valence-electron chi connectivity index (χ1n) is 8.57. The highest BCUT2D eigenvalue weighted by Gasteiger charge is 2.30. The lowest BCUT2D eigenvalue weighted by Gasteiger charge is -2.38. The summed E-state index contributed by atoms with van der Waals surface area (Å²) in [5.74, 6) is -0.703. The molecule has 1 amide bonds. The highest BCUT2D eigenvalue weighted by molar-refractivity contribution is 5.83. The molecule has 1 aromatic rings. The molecular formula is C19H27NO3. The Hall–Kier alpha value is -1.84. The van der Waals surface area contributed by atoms with Gasteiger partial charge in [-0.2, -0.15) is 0 Å². The van der Waals surface area contributed by atoms with Gasteiger partial charge >= 0.3 is 5.97 Å². The third kappa shape index (κ3) is 4.34. The van der Waals surface area contributed by atoms with E-state index >= 15 is 0 Å². The van der Waals surface area contributed by atoms with Crippen molar-refractivity contribution in [2.24, 2.45) is 0 Å². The minimum absolute atomic E-state index is 0.0824. The zero-order chi connectivity index (χ0) is 16.8. The molecule has 0 aromatic heterocycles. The van der Waals surface area contributed by atoms with Gasteiger partial charge in [-0.3, -0.25) is 9.59 Å². The normalized spacial score (nSPS) is 22.5. The molecular weight excluding hydrogens is 290 g/mol. The maximum atomic E-state index is 12.4. The van der Waals surface area contributed by atoms with Gasteiger partial charge in [0.2, 0.25) is 0 Å². The first-order chi connectivity index (χ1) is 11.0. The second-order valence-electron chi connectivity index (χ2n) is 6.41. The molecule has 1 aliphatic heterocycles. The fourth-order valence-electron chi connectivity index (χ4n) is 3.44. The van der Waals surface area contributed by atoms with Crippen LogP contribution in [-0.2, 0) is 14.3 Å². The molecule has 0 spiro atoms. The van der Waals surface area contributed by atoms with Crippen molar-refractivity contribution in [3.63, 3.8) is 0 Å². The smallest absolute Gasteiger partial charge is 0.313 e. The monoisotopic (exact) mass is 317 g/mol. The van der Waals surface area contributed by atoms with E-state index in [0.717, 1.165) is 24.8 Å². The number of benzene rings is 1. The number of ether oxygens (including phenoxy) is 1. The lowest BCUT2D eigenvalue weighted by molar-refractivity contribution is -0.156. The number of amides is 1. The van der Waals surface area contributed by atoms with Crippen LogP contribution in [0.4, 0.5) is 0 Å². The molecule has 0 saturated carbocycles. The van der Waals surface area contributed by atoms with Gasteiger partial charge in [-0.1, -0.05) is 37.3 Å². The molecule has 4 nitrogen and oxygen atoms in total. The molecule has 126 valence electrons. The van der Waals surface area contributed by atoms with Crippen molar-refractivity contribution in [2.45, 2.75) is 64.5 Å². The van der Waals surface area contributed by atoms with E-state index in [4.69, 9.17) is 4.74 Å². The molecule has 3 atom stereocenters. The van der Waals surface area contributed by atoms with Gasteiger partial charge < -0.3 is 9.64 Å². The van der Waals surface area contributed by atoms with E-state index in [2.05, 4.69) is 13.8 Å². The first kappa shape index (κ1) is 17.5. The number of esters is 1. The number of carbonyl (C=O) groups is 2. The maximum absolute atomic E-state index is 12.4. The van der Waals surface area contributed by atoms with Crippen LogP contribution in [0.5, 0.6) is 0 Å². The van der Waals surface area contributed by atoms with E-state index in [-0.39, 0.29) is 36.5 Å². The molecule has 0 unspecified atom stereocenters. The summed E-state index contributed by atoms with van der Waals surface area (Å²) < 4.78 is 5.33. The summed E-state index contributed by atoms with van der Waals surface area (Å²) in [4.78, 5) is 26.6. The minimum atomic E-state index is -0.315. The third-order valence-electron chi connectivity index (χ3n) is 4.71. The summed E-state index contributed by atoms with van der Waals surface area (Å²) in [6, 6.07) is 10.0. The molecule has 23 heavy (non-hydrogen) atoms. The Morgan fingerprint density at radius 1 is 1.17 bits per heavy atom. The van der Waals surface area contributed by atoms with Crippen LogP contribution in [0.15, 0.2) is 30.3 Å². The molecule has 4 heteroatoms. The van der Waals surface area contributed by atoms with Crippen molar-refractivity contribution in [1.29, 1.82) is 0 Å². The van der Waals surface area contributed by atoms with Gasteiger partial charge in [-0.05, 0) is 45.1 Å². The first-order valence-corrected chi connectivity index (χ1v) is 8.57. The van der Waals surface area contributed by atoms with E-state index < -0.39 is 0 Å². The predicted octanol–water partition coefficient (Wildman–Crippen LogP) is 3.51. The van der Waals surface area contributed by atoms with Gasteiger partial charge in [0.1, 0.15) is 0 Å². The van der Waals surface area contributed by atoms with Crippen molar-refractivity contribution < 1.29 is 14.3 Å². The van der Waals surface area contributed by atoms with Crippen LogP contribution in [0.3, 0.4) is 0 Å². The van der Waals surface area contributed by atoms with Gasteiger partial charge in [-0.25, -0.2) is 0 Å². The van der Waals surface area contributed by atoms with Crippen LogP contribution < -0.4 is 0 Å². The number of hydrogen-bond acceptors (Lipinski definition) is 3. The molecule has 0 bridgehead atoms. The summed E-state index contributed by atoms with van der Waals surface area (Å²) in [6.45, 7) is 5.93. The highest BCUT2D eigenvalue weighted by atomic mass is 16.5. The second-order valence-corrected chi connectivity index (χ2v) is 6.41. The van der Waals surface area contributed by atoms with Gasteiger partial charge in [0.25, 0.3) is 5.91 Å². The molecule has 1 aliphatic rings. The van der Waals surface area contributed by atoms with E-state index in [0.29, 0.717) is 6.42 Å². The van der Waals surface area contributed by atoms with Crippen LogP contribution in [0.25, 0.3) is 0 Å². The Kier molecular flexibility index (Phi) is 6.20. The number of piperidine rings is 1.